The summed E-state index contributed by atoms with van der Waals surface area (Å²) >= 11 is 0. The van der Waals surface area contributed by atoms with Crippen LogP contribution in [0.15, 0.2) is 24.3 Å². The molecule has 0 saturated carbocycles. The van der Waals surface area contributed by atoms with Gasteiger partial charge in [0.25, 0.3) is 5.60 Å². The molecule has 6 heteroatoms. The van der Waals surface area contributed by atoms with Gasteiger partial charge >= 0.3 is 11.9 Å². The number of benzene rings is 1. The summed E-state index contributed by atoms with van der Waals surface area (Å²) in [4.78, 5) is 23.2. The van der Waals surface area contributed by atoms with E-state index >= 15 is 0 Å². The molecule has 0 spiro atoms. The van der Waals surface area contributed by atoms with Crippen LogP contribution in [0.5, 0.6) is 5.75 Å². The average molecular weight is 254 g/mol. The van der Waals surface area contributed by atoms with E-state index in [-0.39, 0.29) is 5.56 Å². The van der Waals surface area contributed by atoms with Gasteiger partial charge < -0.3 is 19.3 Å². The van der Waals surface area contributed by atoms with Crippen LogP contribution < -0.4 is 4.74 Å². The Bertz CT molecular complexity index is 420. The predicted molar refractivity (Wildman–Crippen MR) is 60.9 cm³/mol. The van der Waals surface area contributed by atoms with E-state index in [9.17, 15) is 14.7 Å². The third-order valence-electron chi connectivity index (χ3n) is 2.47. The molecule has 0 unspecified atom stereocenters. The minimum Gasteiger partial charge on any atom is -0.497 e. The van der Waals surface area contributed by atoms with Gasteiger partial charge in [0.2, 0.25) is 0 Å². The van der Waals surface area contributed by atoms with E-state index in [0.717, 1.165) is 14.2 Å². The van der Waals surface area contributed by atoms with E-state index in [4.69, 9.17) is 4.74 Å². The molecule has 0 bridgehead atoms. The second kappa shape index (κ2) is 5.50. The summed E-state index contributed by atoms with van der Waals surface area (Å²) in [5.41, 5.74) is -2.43. The molecular formula is C12H14O6. The van der Waals surface area contributed by atoms with Crippen molar-refractivity contribution >= 4 is 11.9 Å². The largest absolute Gasteiger partial charge is 0.497 e. The summed E-state index contributed by atoms with van der Waals surface area (Å²) in [7, 11) is 3.61. The van der Waals surface area contributed by atoms with Gasteiger partial charge in [-0.3, -0.25) is 0 Å². The highest BCUT2D eigenvalue weighted by atomic mass is 16.6. The van der Waals surface area contributed by atoms with E-state index in [0.29, 0.717) is 5.75 Å². The van der Waals surface area contributed by atoms with E-state index in [1.807, 2.05) is 0 Å². The normalized spacial score (nSPS) is 10.7. The number of esters is 2. The van der Waals surface area contributed by atoms with Gasteiger partial charge in [0.15, 0.2) is 0 Å². The van der Waals surface area contributed by atoms with Crippen LogP contribution in [0.2, 0.25) is 0 Å². The van der Waals surface area contributed by atoms with Crippen LogP contribution in [0.1, 0.15) is 5.56 Å². The van der Waals surface area contributed by atoms with Crippen molar-refractivity contribution in [2.24, 2.45) is 0 Å². The van der Waals surface area contributed by atoms with Gasteiger partial charge in [-0.05, 0) is 12.1 Å². The summed E-state index contributed by atoms with van der Waals surface area (Å²) < 4.78 is 13.8. The Morgan fingerprint density at radius 1 is 1.00 bits per heavy atom. The molecule has 1 aromatic rings. The smallest absolute Gasteiger partial charge is 0.354 e. The Balaban J connectivity index is 3.25. The van der Waals surface area contributed by atoms with Gasteiger partial charge in [-0.1, -0.05) is 12.1 Å². The fraction of sp³-hybridized carbons (Fsp3) is 0.333. The number of aliphatic hydroxyl groups is 1. The third-order valence-corrected chi connectivity index (χ3v) is 2.47. The highest BCUT2D eigenvalue weighted by molar-refractivity contribution is 6.04. The zero-order valence-corrected chi connectivity index (χ0v) is 10.3. The van der Waals surface area contributed by atoms with Crippen LogP contribution in [0.3, 0.4) is 0 Å². The summed E-state index contributed by atoms with van der Waals surface area (Å²) in [6.45, 7) is 0. The van der Waals surface area contributed by atoms with Crippen LogP contribution in [-0.2, 0) is 24.7 Å². The number of hydrogen-bond donors (Lipinski definition) is 1. The fourth-order valence-corrected chi connectivity index (χ4v) is 1.45. The maximum absolute atomic E-state index is 11.6. The second-order valence-corrected chi connectivity index (χ2v) is 3.42. The molecule has 18 heavy (non-hydrogen) atoms. The molecule has 98 valence electrons. The summed E-state index contributed by atoms with van der Waals surface area (Å²) in [6.07, 6.45) is 0. The first kappa shape index (κ1) is 14.0. The fourth-order valence-electron chi connectivity index (χ4n) is 1.45. The molecule has 0 aliphatic carbocycles. The van der Waals surface area contributed by atoms with Gasteiger partial charge in [0, 0.05) is 5.56 Å². The van der Waals surface area contributed by atoms with Crippen molar-refractivity contribution in [3.05, 3.63) is 29.8 Å². The average Bonchev–Trinajstić information content (AvgIpc) is 2.44. The van der Waals surface area contributed by atoms with E-state index < -0.39 is 17.5 Å². The number of carbonyl (C=O) groups excluding carboxylic acids is 2. The Hall–Kier alpha value is -2.08. The molecule has 1 aromatic carbocycles. The molecule has 0 amide bonds. The maximum Gasteiger partial charge on any atom is 0.354 e. The molecule has 0 saturated heterocycles. The van der Waals surface area contributed by atoms with Crippen molar-refractivity contribution in [1.82, 2.24) is 0 Å². The van der Waals surface area contributed by atoms with Gasteiger partial charge in [0.05, 0.1) is 21.3 Å². The summed E-state index contributed by atoms with van der Waals surface area (Å²) in [5, 5.41) is 10.2. The van der Waals surface area contributed by atoms with Gasteiger partial charge in [-0.15, -0.1) is 0 Å². The minimum atomic E-state index is -2.48. The lowest BCUT2D eigenvalue weighted by Gasteiger charge is -2.22. The highest BCUT2D eigenvalue weighted by Gasteiger charge is 2.48. The van der Waals surface area contributed by atoms with E-state index in [2.05, 4.69) is 9.47 Å². The first-order valence-corrected chi connectivity index (χ1v) is 5.04. The Labute approximate surface area is 104 Å². The quantitative estimate of drug-likeness (QED) is 0.611. The molecule has 0 fully saturated rings. The monoisotopic (exact) mass is 254 g/mol. The molecule has 6 nitrogen and oxygen atoms in total. The zero-order chi connectivity index (χ0) is 13.8. The van der Waals surface area contributed by atoms with Gasteiger partial charge in [-0.25, -0.2) is 9.59 Å². The van der Waals surface area contributed by atoms with Crippen LogP contribution in [0.25, 0.3) is 0 Å². The van der Waals surface area contributed by atoms with Gasteiger partial charge in [-0.2, -0.15) is 0 Å². The zero-order valence-electron chi connectivity index (χ0n) is 10.3. The first-order valence-electron chi connectivity index (χ1n) is 5.04. The number of hydrogen-bond acceptors (Lipinski definition) is 6. The Morgan fingerprint density at radius 3 is 1.78 bits per heavy atom. The third kappa shape index (κ3) is 2.28. The number of carbonyl (C=O) groups is 2. The van der Waals surface area contributed by atoms with E-state index in [1.165, 1.54) is 31.4 Å². The van der Waals surface area contributed by atoms with Gasteiger partial charge in [0.1, 0.15) is 5.75 Å². The summed E-state index contributed by atoms with van der Waals surface area (Å²) in [5.74, 6) is -1.70. The van der Waals surface area contributed by atoms with Crippen molar-refractivity contribution in [3.63, 3.8) is 0 Å². The predicted octanol–water partition coefficient (Wildman–Crippen LogP) is 0.229. The van der Waals surface area contributed by atoms with Crippen molar-refractivity contribution in [2.45, 2.75) is 5.60 Å². The molecular weight excluding hydrogens is 240 g/mol. The number of ether oxygens (including phenoxy) is 3. The molecule has 0 aliphatic rings. The van der Waals surface area contributed by atoms with Crippen molar-refractivity contribution in [3.8, 4) is 5.75 Å². The molecule has 0 atom stereocenters. The Morgan fingerprint density at radius 2 is 1.44 bits per heavy atom. The Kier molecular flexibility index (Phi) is 4.28. The van der Waals surface area contributed by atoms with Crippen molar-refractivity contribution in [2.75, 3.05) is 21.3 Å². The maximum atomic E-state index is 11.6. The SMILES string of the molecule is COC(=O)C(O)(C(=O)OC)c1ccc(OC)cc1. The van der Waals surface area contributed by atoms with Crippen LogP contribution in [0, 0.1) is 0 Å². The van der Waals surface area contributed by atoms with Crippen molar-refractivity contribution in [1.29, 1.82) is 0 Å². The first-order chi connectivity index (χ1) is 8.50. The van der Waals surface area contributed by atoms with Crippen molar-refractivity contribution < 1.29 is 28.9 Å². The standard InChI is InChI=1S/C12H14O6/c1-16-9-6-4-8(5-7-9)12(15,10(13)17-2)11(14)18-3/h4-7,15H,1-3H3. The molecule has 1 N–H and O–H groups in total. The second-order valence-electron chi connectivity index (χ2n) is 3.42. The molecule has 0 radical (unpaired) electrons. The summed E-state index contributed by atoms with van der Waals surface area (Å²) in [6, 6.07) is 5.78. The van der Waals surface area contributed by atoms with Crippen LogP contribution >= 0.6 is 0 Å². The lowest BCUT2D eigenvalue weighted by molar-refractivity contribution is -0.181. The topological polar surface area (TPSA) is 82.1 Å². The lowest BCUT2D eigenvalue weighted by Crippen LogP contribution is -2.45. The number of methoxy groups -OCH3 is 3. The van der Waals surface area contributed by atoms with Crippen LogP contribution in [0.4, 0.5) is 0 Å². The van der Waals surface area contributed by atoms with Crippen LogP contribution in [-0.4, -0.2) is 38.4 Å². The number of rotatable bonds is 4. The highest BCUT2D eigenvalue weighted by Crippen LogP contribution is 2.26. The molecule has 0 heterocycles. The van der Waals surface area contributed by atoms with E-state index in [1.54, 1.807) is 0 Å². The lowest BCUT2D eigenvalue weighted by atomic mass is 9.94. The molecule has 0 aliphatic heterocycles. The molecule has 0 aromatic heterocycles. The molecule has 1 rings (SSSR count). The minimum absolute atomic E-state index is 0.0435.